The maximum atomic E-state index is 12.9. The number of carbonyl (C=O) groups excluding carboxylic acids is 2. The minimum atomic E-state index is -0.563. The number of aryl methyl sites for hydroxylation is 1. The number of ether oxygens (including phenoxy) is 1. The largest absolute Gasteiger partial charge is 0.456 e. The zero-order chi connectivity index (χ0) is 19.9. The highest BCUT2D eigenvalue weighted by Gasteiger charge is 2.13. The first-order chi connectivity index (χ1) is 13.5. The Balaban J connectivity index is 1.42. The third-order valence-electron chi connectivity index (χ3n) is 3.61. The van der Waals surface area contributed by atoms with Crippen molar-refractivity contribution in [3.8, 4) is 11.4 Å². The van der Waals surface area contributed by atoms with Gasteiger partial charge >= 0.3 is 5.97 Å². The molecule has 2 aromatic carbocycles. The van der Waals surface area contributed by atoms with E-state index in [1.165, 1.54) is 24.3 Å². The Labute approximate surface area is 168 Å². The van der Waals surface area contributed by atoms with Crippen LogP contribution >= 0.6 is 15.9 Å². The van der Waals surface area contributed by atoms with Gasteiger partial charge in [0.15, 0.2) is 6.61 Å². The summed E-state index contributed by atoms with van der Waals surface area (Å²) in [6.45, 7) is -0.389. The van der Waals surface area contributed by atoms with Gasteiger partial charge in [0.1, 0.15) is 5.82 Å². The summed E-state index contributed by atoms with van der Waals surface area (Å²) in [5.41, 5.74) is 1.20. The van der Waals surface area contributed by atoms with Gasteiger partial charge in [-0.2, -0.15) is 4.98 Å². The molecule has 0 spiro atoms. The Kier molecular flexibility index (Phi) is 6.49. The molecule has 0 fully saturated rings. The third kappa shape index (κ3) is 5.71. The normalized spacial score (nSPS) is 10.5. The van der Waals surface area contributed by atoms with Crippen molar-refractivity contribution in [1.29, 1.82) is 0 Å². The zero-order valence-electron chi connectivity index (χ0n) is 14.5. The fourth-order valence-corrected chi connectivity index (χ4v) is 2.49. The van der Waals surface area contributed by atoms with Crippen LogP contribution in [0.2, 0.25) is 0 Å². The molecule has 1 amide bonds. The number of halogens is 2. The van der Waals surface area contributed by atoms with Gasteiger partial charge < -0.3 is 14.6 Å². The number of nitrogens with zero attached hydrogens (tertiary/aromatic N) is 2. The summed E-state index contributed by atoms with van der Waals surface area (Å²) in [6.07, 6.45) is 0.151. The Bertz CT molecular complexity index is 958. The Morgan fingerprint density at radius 1 is 1.11 bits per heavy atom. The van der Waals surface area contributed by atoms with Crippen LogP contribution in [0.25, 0.3) is 11.4 Å². The summed E-state index contributed by atoms with van der Waals surface area (Å²) in [6, 6.07) is 12.7. The first kappa shape index (κ1) is 19.7. The highest BCUT2D eigenvalue weighted by atomic mass is 79.9. The number of benzene rings is 2. The average Bonchev–Trinajstić information content (AvgIpc) is 3.16. The van der Waals surface area contributed by atoms with Gasteiger partial charge in [0, 0.05) is 22.1 Å². The predicted octanol–water partition coefficient (Wildman–Crippen LogP) is 3.75. The number of esters is 1. The molecule has 3 rings (SSSR count). The number of aromatic nitrogens is 2. The predicted molar refractivity (Wildman–Crippen MR) is 102 cm³/mol. The zero-order valence-corrected chi connectivity index (χ0v) is 16.1. The van der Waals surface area contributed by atoms with Crippen LogP contribution in [0.5, 0.6) is 0 Å². The van der Waals surface area contributed by atoms with Crippen molar-refractivity contribution in [3.63, 3.8) is 0 Å². The number of rotatable bonds is 7. The Hall–Kier alpha value is -3.07. The van der Waals surface area contributed by atoms with Crippen molar-refractivity contribution in [1.82, 2.24) is 10.1 Å². The van der Waals surface area contributed by atoms with Crippen LogP contribution in [0.3, 0.4) is 0 Å². The van der Waals surface area contributed by atoms with E-state index in [-0.39, 0.29) is 31.2 Å². The van der Waals surface area contributed by atoms with Crippen LogP contribution in [-0.4, -0.2) is 28.6 Å². The molecule has 1 N–H and O–H groups in total. The highest BCUT2D eigenvalue weighted by Crippen LogP contribution is 2.17. The van der Waals surface area contributed by atoms with Crippen LogP contribution in [0.1, 0.15) is 12.3 Å². The van der Waals surface area contributed by atoms with Crippen LogP contribution in [-0.2, 0) is 20.7 Å². The molecule has 1 aromatic heterocycles. The second kappa shape index (κ2) is 9.23. The SMILES string of the molecule is O=C(COC(=O)CCc1nc(-c2ccc(F)cc2)no1)Nc1ccc(Br)cc1. The fourth-order valence-electron chi connectivity index (χ4n) is 2.23. The van der Waals surface area contributed by atoms with E-state index in [2.05, 4.69) is 31.4 Å². The molecule has 0 aliphatic carbocycles. The Morgan fingerprint density at radius 3 is 2.54 bits per heavy atom. The highest BCUT2D eigenvalue weighted by molar-refractivity contribution is 9.10. The average molecular weight is 448 g/mol. The molecule has 28 heavy (non-hydrogen) atoms. The standard InChI is InChI=1S/C19H15BrFN3O4/c20-13-3-7-15(8-4-13)22-16(25)11-27-18(26)10-9-17-23-19(24-28-17)12-1-5-14(21)6-2-12/h1-8H,9-11H2,(H,22,25). The lowest BCUT2D eigenvalue weighted by Gasteiger charge is -2.06. The molecule has 0 saturated heterocycles. The molecule has 144 valence electrons. The van der Waals surface area contributed by atoms with E-state index >= 15 is 0 Å². The van der Waals surface area contributed by atoms with E-state index < -0.39 is 11.9 Å². The molecule has 3 aromatic rings. The molecule has 0 atom stereocenters. The van der Waals surface area contributed by atoms with E-state index in [1.807, 2.05) is 0 Å². The lowest BCUT2D eigenvalue weighted by atomic mass is 10.2. The number of carbonyl (C=O) groups is 2. The van der Waals surface area contributed by atoms with Crippen LogP contribution in [0.4, 0.5) is 10.1 Å². The van der Waals surface area contributed by atoms with Crippen molar-refractivity contribution in [2.24, 2.45) is 0 Å². The fraction of sp³-hybridized carbons (Fsp3) is 0.158. The van der Waals surface area contributed by atoms with Crippen molar-refractivity contribution >= 4 is 33.5 Å². The topological polar surface area (TPSA) is 94.3 Å². The molecular formula is C19H15BrFN3O4. The van der Waals surface area contributed by atoms with E-state index in [9.17, 15) is 14.0 Å². The lowest BCUT2D eigenvalue weighted by Crippen LogP contribution is -2.21. The summed E-state index contributed by atoms with van der Waals surface area (Å²) in [5, 5.41) is 6.41. The minimum absolute atomic E-state index is 0.0172. The first-order valence-electron chi connectivity index (χ1n) is 8.29. The summed E-state index contributed by atoms with van der Waals surface area (Å²) >= 11 is 3.30. The van der Waals surface area contributed by atoms with E-state index in [1.54, 1.807) is 24.3 Å². The molecule has 0 bridgehead atoms. The monoisotopic (exact) mass is 447 g/mol. The molecule has 0 aliphatic rings. The number of hydrogen-bond acceptors (Lipinski definition) is 6. The molecule has 0 radical (unpaired) electrons. The van der Waals surface area contributed by atoms with Crippen LogP contribution in [0.15, 0.2) is 57.5 Å². The van der Waals surface area contributed by atoms with Gasteiger partial charge in [-0.25, -0.2) is 4.39 Å². The summed E-state index contributed by atoms with van der Waals surface area (Å²) in [4.78, 5) is 27.7. The third-order valence-corrected chi connectivity index (χ3v) is 4.13. The maximum absolute atomic E-state index is 12.9. The quantitative estimate of drug-likeness (QED) is 0.554. The second-order valence-corrected chi connectivity index (χ2v) is 6.65. The second-order valence-electron chi connectivity index (χ2n) is 5.73. The van der Waals surface area contributed by atoms with Gasteiger partial charge in [0.25, 0.3) is 5.91 Å². The summed E-state index contributed by atoms with van der Waals surface area (Å²) < 4.78 is 23.8. The summed E-state index contributed by atoms with van der Waals surface area (Å²) in [7, 11) is 0. The minimum Gasteiger partial charge on any atom is -0.456 e. The van der Waals surface area contributed by atoms with Gasteiger partial charge in [0.2, 0.25) is 11.7 Å². The van der Waals surface area contributed by atoms with E-state index in [4.69, 9.17) is 9.26 Å². The molecule has 0 aliphatic heterocycles. The van der Waals surface area contributed by atoms with Gasteiger partial charge in [-0.05, 0) is 48.5 Å². The number of hydrogen-bond donors (Lipinski definition) is 1. The Morgan fingerprint density at radius 2 is 1.82 bits per heavy atom. The smallest absolute Gasteiger partial charge is 0.306 e. The molecule has 0 unspecified atom stereocenters. The number of nitrogens with one attached hydrogen (secondary N) is 1. The van der Waals surface area contributed by atoms with Gasteiger partial charge in [-0.15, -0.1) is 0 Å². The van der Waals surface area contributed by atoms with Crippen molar-refractivity contribution in [2.75, 3.05) is 11.9 Å². The molecular weight excluding hydrogens is 433 g/mol. The molecule has 9 heteroatoms. The van der Waals surface area contributed by atoms with Crippen LogP contribution in [0, 0.1) is 5.82 Å². The van der Waals surface area contributed by atoms with Crippen LogP contribution < -0.4 is 5.32 Å². The van der Waals surface area contributed by atoms with Gasteiger partial charge in [0.05, 0.1) is 6.42 Å². The molecule has 0 saturated carbocycles. The maximum Gasteiger partial charge on any atom is 0.306 e. The molecule has 7 nitrogen and oxygen atoms in total. The summed E-state index contributed by atoms with van der Waals surface area (Å²) in [5.74, 6) is -0.813. The van der Waals surface area contributed by atoms with E-state index in [0.29, 0.717) is 17.1 Å². The van der Waals surface area contributed by atoms with Crippen molar-refractivity contribution in [3.05, 3.63) is 64.7 Å². The molecule has 1 heterocycles. The van der Waals surface area contributed by atoms with E-state index in [0.717, 1.165) is 4.47 Å². The van der Waals surface area contributed by atoms with Gasteiger partial charge in [-0.3, -0.25) is 9.59 Å². The van der Waals surface area contributed by atoms with Crippen molar-refractivity contribution < 1.29 is 23.2 Å². The number of amides is 1. The number of anilines is 1. The van der Waals surface area contributed by atoms with Gasteiger partial charge in [-0.1, -0.05) is 21.1 Å². The first-order valence-corrected chi connectivity index (χ1v) is 9.08. The van der Waals surface area contributed by atoms with Crippen molar-refractivity contribution in [2.45, 2.75) is 12.8 Å². The lowest BCUT2D eigenvalue weighted by molar-refractivity contribution is -0.147.